The smallest absolute Gasteiger partial charge is 1.00 e. The molecule has 0 aliphatic carbocycles. The Morgan fingerprint density at radius 3 is 1.22 bits per heavy atom. The molecule has 0 heterocycles. The molecular formula is C18H43AlMgO3. The van der Waals surface area contributed by atoms with Crippen LogP contribution in [-0.2, 0) is 4.79 Å². The van der Waals surface area contributed by atoms with E-state index >= 15 is 0 Å². The van der Waals surface area contributed by atoms with Gasteiger partial charge in [-0.25, -0.2) is 0 Å². The Labute approximate surface area is 173 Å². The fourth-order valence-electron chi connectivity index (χ4n) is 2.65. The van der Waals surface area contributed by atoms with Crippen LogP contribution in [0.2, 0.25) is 0 Å². The van der Waals surface area contributed by atoms with Crippen LogP contribution in [-0.4, -0.2) is 57.0 Å². The number of hydrogen-bond acceptors (Lipinski definition) is 1. The monoisotopic (exact) mass is 358 g/mol. The summed E-state index contributed by atoms with van der Waals surface area (Å²) in [5.74, 6) is -0.653. The predicted octanol–water partition coefficient (Wildman–Crippen LogP) is 4.17. The zero-order valence-electron chi connectivity index (χ0n) is 16.9. The van der Waals surface area contributed by atoms with Gasteiger partial charge in [-0.15, -0.1) is 0 Å². The quantitative estimate of drug-likeness (QED) is 0.332. The standard InChI is InChI=1S/C18H36O2.Al.Mg.H2O.5H/c1-2-3-4-5-6-7-8-9-10-11-12-13-14-15-16-17-18(19)20;;;;;;;;/h2-17H2,1H3,(H,19,20);;;1H2;;;;;/q;;+2;;;;;2*-1. The van der Waals surface area contributed by atoms with Crippen LogP contribution in [0.15, 0.2) is 0 Å². The Morgan fingerprint density at radius 1 is 0.696 bits per heavy atom. The third kappa shape index (κ3) is 31.1. The molecule has 0 spiro atoms. The molecule has 0 radical (unpaired) electrons. The minimum Gasteiger partial charge on any atom is -1.00 e. The molecule has 0 aliphatic heterocycles. The van der Waals surface area contributed by atoms with Crippen molar-refractivity contribution < 1.29 is 18.2 Å². The average Bonchev–Trinajstić information content (AvgIpc) is 2.43. The molecule has 5 heteroatoms. The van der Waals surface area contributed by atoms with Crippen molar-refractivity contribution in [2.45, 2.75) is 110 Å². The van der Waals surface area contributed by atoms with Crippen molar-refractivity contribution in [3.05, 3.63) is 0 Å². The number of carbonyl (C=O) groups is 1. The third-order valence-electron chi connectivity index (χ3n) is 3.99. The van der Waals surface area contributed by atoms with E-state index in [2.05, 4.69) is 6.92 Å². The van der Waals surface area contributed by atoms with Crippen LogP contribution >= 0.6 is 0 Å². The second-order valence-electron chi connectivity index (χ2n) is 6.09. The van der Waals surface area contributed by atoms with Gasteiger partial charge in [-0.3, -0.25) is 4.79 Å². The zero-order chi connectivity index (χ0) is 14.9. The van der Waals surface area contributed by atoms with Crippen LogP contribution in [0.5, 0.6) is 0 Å². The SMILES string of the molecule is CCCCCCCCCCCCCCCCCC(=O)O.O.[AlH3].[H-].[H-].[Mg+2]. The van der Waals surface area contributed by atoms with Crippen molar-refractivity contribution >= 4 is 46.4 Å². The Bertz CT molecular complexity index is 226. The van der Waals surface area contributed by atoms with Crippen LogP contribution in [0.1, 0.15) is 113 Å². The summed E-state index contributed by atoms with van der Waals surface area (Å²) in [5, 5.41) is 8.52. The molecule has 0 saturated heterocycles. The first-order valence-electron chi connectivity index (χ1n) is 8.99. The maximum atomic E-state index is 10.3. The molecule has 0 saturated carbocycles. The van der Waals surface area contributed by atoms with Crippen molar-refractivity contribution in [3.8, 4) is 0 Å². The van der Waals surface area contributed by atoms with Gasteiger partial charge >= 0.3 is 29.0 Å². The Hall–Kier alpha value is 0.729. The van der Waals surface area contributed by atoms with Gasteiger partial charge in [0.05, 0.1) is 0 Å². The first kappa shape index (κ1) is 31.5. The predicted molar refractivity (Wildman–Crippen MR) is 109 cm³/mol. The third-order valence-corrected chi connectivity index (χ3v) is 3.99. The van der Waals surface area contributed by atoms with Gasteiger partial charge in [0.25, 0.3) is 0 Å². The number of carboxylic acid groups (broad SMARTS) is 1. The molecule has 0 atom stereocenters. The maximum Gasteiger partial charge on any atom is 2.00 e. The van der Waals surface area contributed by atoms with Crippen LogP contribution < -0.4 is 0 Å². The number of hydrogen-bond donors (Lipinski definition) is 1. The number of rotatable bonds is 16. The van der Waals surface area contributed by atoms with E-state index in [1.54, 1.807) is 0 Å². The Kier molecular flexibility index (Phi) is 37.8. The van der Waals surface area contributed by atoms with Crippen LogP contribution in [0.3, 0.4) is 0 Å². The fraction of sp³-hybridized carbons (Fsp3) is 0.944. The van der Waals surface area contributed by atoms with Crippen LogP contribution in [0, 0.1) is 0 Å². The summed E-state index contributed by atoms with van der Waals surface area (Å²) in [4.78, 5) is 10.3. The number of carboxylic acids is 1. The topological polar surface area (TPSA) is 68.8 Å². The van der Waals surface area contributed by atoms with E-state index < -0.39 is 5.97 Å². The van der Waals surface area contributed by atoms with Crippen molar-refractivity contribution in [1.29, 1.82) is 0 Å². The fourth-order valence-corrected chi connectivity index (χ4v) is 2.65. The Morgan fingerprint density at radius 2 is 0.957 bits per heavy atom. The summed E-state index contributed by atoms with van der Waals surface area (Å²) in [7, 11) is 0. The summed E-state index contributed by atoms with van der Waals surface area (Å²) in [5.41, 5.74) is 0. The molecule has 0 aromatic carbocycles. The minimum absolute atomic E-state index is 0. The van der Waals surface area contributed by atoms with E-state index in [0.29, 0.717) is 6.42 Å². The normalized spacial score (nSPS) is 9.43. The molecule has 3 N–H and O–H groups in total. The molecule has 0 rings (SSSR count). The van der Waals surface area contributed by atoms with E-state index in [-0.39, 0.29) is 48.7 Å². The van der Waals surface area contributed by atoms with Gasteiger partial charge in [0.1, 0.15) is 0 Å². The minimum atomic E-state index is -0.653. The molecule has 3 nitrogen and oxygen atoms in total. The number of unbranched alkanes of at least 4 members (excludes halogenated alkanes) is 14. The molecular weight excluding hydrogens is 315 g/mol. The average molecular weight is 359 g/mol. The van der Waals surface area contributed by atoms with E-state index in [9.17, 15) is 4.79 Å². The molecule has 0 aliphatic rings. The second kappa shape index (κ2) is 27.6. The van der Waals surface area contributed by atoms with Crippen LogP contribution in [0.25, 0.3) is 0 Å². The second-order valence-corrected chi connectivity index (χ2v) is 6.09. The molecule has 0 aromatic rings. The molecule has 0 unspecified atom stereocenters. The largest absolute Gasteiger partial charge is 2.00 e. The summed E-state index contributed by atoms with van der Waals surface area (Å²) in [6, 6.07) is 0. The first-order chi connectivity index (χ1) is 9.77. The molecule has 23 heavy (non-hydrogen) atoms. The number of aliphatic carboxylic acids is 1. The van der Waals surface area contributed by atoms with E-state index in [1.807, 2.05) is 0 Å². The van der Waals surface area contributed by atoms with Crippen molar-refractivity contribution in [3.63, 3.8) is 0 Å². The first-order valence-corrected chi connectivity index (χ1v) is 8.99. The Balaban J connectivity index is -0.000000180. The van der Waals surface area contributed by atoms with Gasteiger partial charge in [0.15, 0.2) is 17.4 Å². The van der Waals surface area contributed by atoms with Gasteiger partial charge in [0, 0.05) is 6.42 Å². The van der Waals surface area contributed by atoms with Crippen molar-refractivity contribution in [2.24, 2.45) is 0 Å². The summed E-state index contributed by atoms with van der Waals surface area (Å²) < 4.78 is 0. The zero-order valence-corrected chi connectivity index (χ0v) is 16.3. The van der Waals surface area contributed by atoms with E-state index in [1.165, 1.54) is 83.5 Å². The molecule has 0 bridgehead atoms. The molecule has 0 aromatic heterocycles. The maximum absolute atomic E-state index is 10.3. The van der Waals surface area contributed by atoms with Crippen LogP contribution in [0.4, 0.5) is 0 Å². The summed E-state index contributed by atoms with van der Waals surface area (Å²) in [6.45, 7) is 2.27. The molecule has 0 amide bonds. The van der Waals surface area contributed by atoms with Gasteiger partial charge in [-0.05, 0) is 6.42 Å². The molecule has 0 fully saturated rings. The van der Waals surface area contributed by atoms with Gasteiger partial charge in [0.2, 0.25) is 0 Å². The molecule has 138 valence electrons. The van der Waals surface area contributed by atoms with Crippen molar-refractivity contribution in [2.75, 3.05) is 0 Å². The summed E-state index contributed by atoms with van der Waals surface area (Å²) >= 11 is 0. The van der Waals surface area contributed by atoms with E-state index in [4.69, 9.17) is 5.11 Å². The summed E-state index contributed by atoms with van der Waals surface area (Å²) in [6.07, 6.45) is 20.2. The van der Waals surface area contributed by atoms with Gasteiger partial charge < -0.3 is 13.4 Å². The van der Waals surface area contributed by atoms with Gasteiger partial charge in [-0.2, -0.15) is 0 Å². The van der Waals surface area contributed by atoms with E-state index in [0.717, 1.165) is 12.8 Å². The van der Waals surface area contributed by atoms with Gasteiger partial charge in [-0.1, -0.05) is 96.8 Å². The van der Waals surface area contributed by atoms with Crippen molar-refractivity contribution in [1.82, 2.24) is 0 Å².